The predicted octanol–water partition coefficient (Wildman–Crippen LogP) is 3.38. The van der Waals surface area contributed by atoms with Gasteiger partial charge in [0, 0.05) is 25.2 Å². The molecule has 1 unspecified atom stereocenters. The number of hydrogen-bond acceptors (Lipinski definition) is 4. The van der Waals surface area contributed by atoms with Crippen molar-refractivity contribution in [1.82, 2.24) is 5.32 Å². The summed E-state index contributed by atoms with van der Waals surface area (Å²) in [7, 11) is 0. The summed E-state index contributed by atoms with van der Waals surface area (Å²) in [5, 5.41) is 7.36. The van der Waals surface area contributed by atoms with Gasteiger partial charge in [0.15, 0.2) is 6.10 Å². The van der Waals surface area contributed by atoms with E-state index in [1.54, 1.807) is 18.3 Å². The topological polar surface area (TPSA) is 47.6 Å². The minimum Gasteiger partial charge on any atom is -0.481 e. The minimum atomic E-state index is -0.522. The number of nitrogens with one attached hydrogen (secondary N) is 1. The second-order valence-electron chi connectivity index (χ2n) is 6.20. The number of hydrogen-bond donors (Lipinski definition) is 1. The van der Waals surface area contributed by atoms with Gasteiger partial charge in [-0.3, -0.25) is 4.79 Å². The third-order valence-electron chi connectivity index (χ3n) is 4.61. The molecule has 1 fully saturated rings. The van der Waals surface area contributed by atoms with Crippen LogP contribution in [-0.2, 0) is 14.9 Å². The lowest BCUT2D eigenvalue weighted by Crippen LogP contribution is -2.47. The maximum absolute atomic E-state index is 12.4. The van der Waals surface area contributed by atoms with Crippen LogP contribution >= 0.6 is 11.3 Å². The van der Waals surface area contributed by atoms with E-state index in [0.717, 1.165) is 26.1 Å². The summed E-state index contributed by atoms with van der Waals surface area (Å²) in [4.78, 5) is 12.4. The monoisotopic (exact) mass is 345 g/mol. The second kappa shape index (κ2) is 7.81. The van der Waals surface area contributed by atoms with Crippen molar-refractivity contribution in [2.24, 2.45) is 0 Å². The molecule has 128 valence electrons. The normalized spacial score (nSPS) is 17.9. The van der Waals surface area contributed by atoms with Crippen LogP contribution in [0.3, 0.4) is 0 Å². The number of carbonyl (C=O) groups excluding carboxylic acids is 1. The van der Waals surface area contributed by atoms with E-state index in [9.17, 15) is 4.79 Å². The summed E-state index contributed by atoms with van der Waals surface area (Å²) in [6, 6.07) is 11.6. The Morgan fingerprint density at radius 1 is 1.29 bits per heavy atom. The molecule has 2 heterocycles. The first-order valence-corrected chi connectivity index (χ1v) is 9.24. The summed E-state index contributed by atoms with van der Waals surface area (Å²) >= 11 is 1.70. The molecule has 0 aliphatic carbocycles. The Morgan fingerprint density at radius 2 is 2.04 bits per heavy atom. The molecule has 3 rings (SSSR count). The largest absolute Gasteiger partial charge is 0.481 e. The maximum atomic E-state index is 12.4. The molecule has 1 atom stereocenters. The highest BCUT2D eigenvalue weighted by molar-refractivity contribution is 7.08. The lowest BCUT2D eigenvalue weighted by Gasteiger charge is -2.37. The van der Waals surface area contributed by atoms with E-state index in [1.165, 1.54) is 5.56 Å². The highest BCUT2D eigenvalue weighted by atomic mass is 32.1. The molecule has 0 saturated carbocycles. The first-order chi connectivity index (χ1) is 11.7. The van der Waals surface area contributed by atoms with Gasteiger partial charge in [-0.05, 0) is 54.3 Å². The third kappa shape index (κ3) is 3.97. The Kier molecular flexibility index (Phi) is 5.53. The Labute approximate surface area is 146 Å². The fourth-order valence-corrected chi connectivity index (χ4v) is 3.83. The van der Waals surface area contributed by atoms with Gasteiger partial charge in [-0.1, -0.05) is 18.2 Å². The second-order valence-corrected chi connectivity index (χ2v) is 6.98. The van der Waals surface area contributed by atoms with Crippen LogP contribution in [0.4, 0.5) is 0 Å². The van der Waals surface area contributed by atoms with Crippen molar-refractivity contribution in [1.29, 1.82) is 0 Å². The van der Waals surface area contributed by atoms with Gasteiger partial charge in [-0.25, -0.2) is 0 Å². The van der Waals surface area contributed by atoms with Crippen molar-refractivity contribution in [3.63, 3.8) is 0 Å². The number of amides is 1. The van der Waals surface area contributed by atoms with Gasteiger partial charge in [0.1, 0.15) is 5.75 Å². The molecule has 0 bridgehead atoms. The van der Waals surface area contributed by atoms with Crippen LogP contribution in [-0.4, -0.2) is 31.8 Å². The molecule has 1 aromatic carbocycles. The van der Waals surface area contributed by atoms with Gasteiger partial charge in [0.05, 0.1) is 0 Å². The van der Waals surface area contributed by atoms with Crippen molar-refractivity contribution in [2.75, 3.05) is 19.8 Å². The quantitative estimate of drug-likeness (QED) is 0.873. The molecule has 1 amide bonds. The summed E-state index contributed by atoms with van der Waals surface area (Å²) in [5.41, 5.74) is 1.27. The van der Waals surface area contributed by atoms with Crippen molar-refractivity contribution in [2.45, 2.75) is 31.3 Å². The lowest BCUT2D eigenvalue weighted by molar-refractivity contribution is -0.127. The lowest BCUT2D eigenvalue weighted by atomic mass is 9.75. The highest BCUT2D eigenvalue weighted by Gasteiger charge is 2.35. The summed E-state index contributed by atoms with van der Waals surface area (Å²) in [6.07, 6.45) is 1.34. The zero-order chi connectivity index (χ0) is 16.8. The van der Waals surface area contributed by atoms with E-state index >= 15 is 0 Å². The van der Waals surface area contributed by atoms with E-state index in [1.807, 2.05) is 30.3 Å². The molecular weight excluding hydrogens is 322 g/mol. The van der Waals surface area contributed by atoms with Crippen LogP contribution in [0.15, 0.2) is 47.2 Å². The zero-order valence-corrected chi connectivity index (χ0v) is 14.7. The van der Waals surface area contributed by atoms with Crippen molar-refractivity contribution < 1.29 is 14.3 Å². The standard InChI is InChI=1S/C19H23NO3S/c1-15(23-17-5-3-2-4-6-17)18(21)20-14-19(8-10-22-11-9-19)16-7-12-24-13-16/h2-7,12-13,15H,8-11,14H2,1H3,(H,20,21). The highest BCUT2D eigenvalue weighted by Crippen LogP contribution is 2.35. The van der Waals surface area contributed by atoms with E-state index in [-0.39, 0.29) is 11.3 Å². The smallest absolute Gasteiger partial charge is 0.260 e. The molecule has 0 spiro atoms. The number of thiophene rings is 1. The molecule has 1 saturated heterocycles. The Balaban J connectivity index is 1.61. The molecule has 2 aromatic rings. The molecular formula is C19H23NO3S. The van der Waals surface area contributed by atoms with Crippen LogP contribution in [0.1, 0.15) is 25.3 Å². The number of para-hydroxylation sites is 1. The number of ether oxygens (including phenoxy) is 2. The van der Waals surface area contributed by atoms with Crippen LogP contribution in [0.25, 0.3) is 0 Å². The molecule has 1 N–H and O–H groups in total. The van der Waals surface area contributed by atoms with Gasteiger partial charge < -0.3 is 14.8 Å². The maximum Gasteiger partial charge on any atom is 0.260 e. The summed E-state index contributed by atoms with van der Waals surface area (Å²) in [6.45, 7) is 3.88. The average molecular weight is 345 g/mol. The Bertz CT molecular complexity index is 636. The minimum absolute atomic E-state index is 0.0274. The average Bonchev–Trinajstić information content (AvgIpc) is 3.17. The number of benzene rings is 1. The van der Waals surface area contributed by atoms with Gasteiger partial charge in [0.25, 0.3) is 5.91 Å². The van der Waals surface area contributed by atoms with Crippen LogP contribution in [0, 0.1) is 0 Å². The van der Waals surface area contributed by atoms with Crippen molar-refractivity contribution in [3.05, 3.63) is 52.7 Å². The molecule has 0 radical (unpaired) electrons. The molecule has 1 aromatic heterocycles. The first-order valence-electron chi connectivity index (χ1n) is 8.29. The van der Waals surface area contributed by atoms with Gasteiger partial charge in [-0.15, -0.1) is 0 Å². The number of carbonyl (C=O) groups is 1. The van der Waals surface area contributed by atoms with E-state index < -0.39 is 6.10 Å². The van der Waals surface area contributed by atoms with Gasteiger partial charge in [-0.2, -0.15) is 11.3 Å². The van der Waals surface area contributed by atoms with Crippen molar-refractivity contribution in [3.8, 4) is 5.75 Å². The third-order valence-corrected chi connectivity index (χ3v) is 5.29. The summed E-state index contributed by atoms with van der Waals surface area (Å²) in [5.74, 6) is 0.624. The predicted molar refractivity (Wildman–Crippen MR) is 95.6 cm³/mol. The first kappa shape index (κ1) is 17.0. The van der Waals surface area contributed by atoms with E-state index in [0.29, 0.717) is 12.3 Å². The molecule has 1 aliphatic heterocycles. The Hall–Kier alpha value is -1.85. The number of rotatable bonds is 6. The van der Waals surface area contributed by atoms with Gasteiger partial charge in [0.2, 0.25) is 0 Å². The van der Waals surface area contributed by atoms with Crippen molar-refractivity contribution >= 4 is 17.2 Å². The zero-order valence-electron chi connectivity index (χ0n) is 13.9. The SMILES string of the molecule is CC(Oc1ccccc1)C(=O)NCC1(c2ccsc2)CCOCC1. The fourth-order valence-electron chi connectivity index (χ4n) is 3.05. The van der Waals surface area contributed by atoms with Gasteiger partial charge >= 0.3 is 0 Å². The fraction of sp³-hybridized carbons (Fsp3) is 0.421. The van der Waals surface area contributed by atoms with E-state index in [4.69, 9.17) is 9.47 Å². The van der Waals surface area contributed by atoms with Crippen LogP contribution in [0.5, 0.6) is 5.75 Å². The van der Waals surface area contributed by atoms with E-state index in [2.05, 4.69) is 22.1 Å². The summed E-state index contributed by atoms with van der Waals surface area (Å²) < 4.78 is 11.2. The Morgan fingerprint density at radius 3 is 2.71 bits per heavy atom. The molecule has 5 heteroatoms. The molecule has 4 nitrogen and oxygen atoms in total. The van der Waals surface area contributed by atoms with Crippen LogP contribution < -0.4 is 10.1 Å². The van der Waals surface area contributed by atoms with Crippen LogP contribution in [0.2, 0.25) is 0 Å². The molecule has 1 aliphatic rings. The molecule has 24 heavy (non-hydrogen) atoms.